The first-order valence-corrected chi connectivity index (χ1v) is 13.8. The average molecular weight is 283 g/mol. The second-order valence-electron chi connectivity index (χ2n) is 0.357. The van der Waals surface area contributed by atoms with E-state index >= 15 is 0 Å². The fourth-order valence-electron chi connectivity index (χ4n) is 0. The van der Waals surface area contributed by atoms with E-state index in [0.29, 0.717) is 0 Å². The third-order valence-electron chi connectivity index (χ3n) is 0.0786. The predicted molar refractivity (Wildman–Crippen MR) is 2.06 cm³/mol. The van der Waals surface area contributed by atoms with Crippen molar-refractivity contribution in [1.29, 1.82) is 0 Å². The Morgan fingerprint density at radius 2 is 1.60 bits per heavy atom. The monoisotopic (exact) mass is 285 g/mol. The van der Waals surface area contributed by atoms with Gasteiger partial charge in [-0.2, -0.15) is 0 Å². The minimum absolute atomic E-state index is 2.32. The van der Waals surface area contributed by atoms with Crippen molar-refractivity contribution in [2.24, 2.45) is 0 Å². The van der Waals surface area contributed by atoms with Crippen LogP contribution in [0.15, 0.2) is 0 Å². The van der Waals surface area contributed by atoms with E-state index in [1.54, 1.807) is 0 Å². The zero-order valence-electron chi connectivity index (χ0n) is 2.21. The number of hydrogen-bond acceptors (Lipinski definition) is 3. The van der Waals surface area contributed by atoms with Gasteiger partial charge in [0.05, 0.1) is 0 Å². The van der Waals surface area contributed by atoms with Crippen LogP contribution >= 0.6 is 0 Å². The van der Waals surface area contributed by atoms with Crippen molar-refractivity contribution in [3.8, 4) is 0 Å². The van der Waals surface area contributed by atoms with E-state index in [1.807, 2.05) is 0 Å². The molecular weight excluding hydrogens is 283 g/mol. The Morgan fingerprint density at radius 3 is 1.60 bits per heavy atom. The van der Waals surface area contributed by atoms with E-state index in [1.165, 1.54) is 0 Å². The van der Waals surface area contributed by atoms with E-state index in [9.17, 15) is 8.49 Å². The molecule has 0 saturated heterocycles. The summed E-state index contributed by atoms with van der Waals surface area (Å²) in [7, 11) is -3.23. The molecule has 0 aromatic heterocycles. The van der Waals surface area contributed by atoms with Gasteiger partial charge in [-0.15, -0.1) is 0 Å². The van der Waals surface area contributed by atoms with E-state index < -0.39 is 38.6 Å². The summed E-state index contributed by atoms with van der Waals surface area (Å²) in [6.45, 7) is 0. The molecule has 0 N–H and O–H groups in total. The molecule has 0 aromatic carbocycles. The Bertz CT molecular complexity index is 83.1. The van der Waals surface area contributed by atoms with E-state index in [-0.39, 0.29) is 0 Å². The average Bonchev–Trinajstić information content (AvgIpc) is 1.38. The second-order valence-corrected chi connectivity index (χ2v) is 12.8. The first-order valence-electron chi connectivity index (χ1n) is 0.805. The van der Waals surface area contributed by atoms with E-state index in [2.05, 4.69) is 0 Å². The molecule has 27 valence electrons. The van der Waals surface area contributed by atoms with Crippen LogP contribution < -0.4 is 0 Å². The van der Waals surface area contributed by atoms with Crippen molar-refractivity contribution in [1.82, 2.24) is 0 Å². The molecule has 0 rings (SSSR count). The molecule has 0 unspecified atom stereocenters. The zero-order valence-corrected chi connectivity index (χ0v) is 7.84. The molecule has 0 fully saturated rings. The summed E-state index contributed by atoms with van der Waals surface area (Å²) in [5.74, 6) is 0. The van der Waals surface area contributed by atoms with E-state index in [0.717, 1.165) is 0 Å². The molecular formula is LaMoO3. The molecule has 0 aliphatic heterocycles. The number of hydrogen-bond donors (Lipinski definition) is 0. The van der Waals surface area contributed by atoms with Gasteiger partial charge in [-0.25, -0.2) is 0 Å². The van der Waals surface area contributed by atoms with Gasteiger partial charge in [-0.3, -0.25) is 0 Å². The van der Waals surface area contributed by atoms with Crippen molar-refractivity contribution in [2.75, 3.05) is 0 Å². The van der Waals surface area contributed by atoms with Crippen molar-refractivity contribution < 1.29 is 47.1 Å². The zero-order chi connectivity index (χ0) is 4.28. The molecule has 0 radical (unpaired) electrons. The quantitative estimate of drug-likeness (QED) is 0.618. The van der Waals surface area contributed by atoms with E-state index in [4.69, 9.17) is 0 Å². The molecule has 0 heterocycles. The molecule has 5 heavy (non-hydrogen) atoms. The predicted octanol–water partition coefficient (Wildman–Crippen LogP) is -0.359. The summed E-state index contributed by atoms with van der Waals surface area (Å²) < 4.78 is 27.9. The van der Waals surface area contributed by atoms with Gasteiger partial charge in [-0.1, -0.05) is 0 Å². The Kier molecular flexibility index (Phi) is 4.36. The fraction of sp³-hybridized carbons (Fsp3) is 0. The summed E-state index contributed by atoms with van der Waals surface area (Å²) in [6, 6.07) is 0. The molecule has 0 aromatic rings. The molecule has 0 atom stereocenters. The van der Waals surface area contributed by atoms with Crippen LogP contribution in [0.3, 0.4) is 0 Å². The summed E-state index contributed by atoms with van der Waals surface area (Å²) in [4.78, 5) is 0. The fourth-order valence-corrected chi connectivity index (χ4v) is 0. The minimum atomic E-state index is -3.23. The van der Waals surface area contributed by atoms with Gasteiger partial charge in [0, 0.05) is 0 Å². The standard InChI is InChI=1S/La.Mo.3O. The summed E-state index contributed by atoms with van der Waals surface area (Å²) in [5, 5.41) is 0. The van der Waals surface area contributed by atoms with Gasteiger partial charge in [-0.05, 0) is 0 Å². The van der Waals surface area contributed by atoms with Crippen molar-refractivity contribution in [2.45, 2.75) is 0 Å². The third kappa shape index (κ3) is 5.28. The van der Waals surface area contributed by atoms with Crippen LogP contribution in [0.2, 0.25) is 0 Å². The Hall–Kier alpha value is 1.28. The normalized spacial score (nSPS) is 5.60. The molecule has 3 nitrogen and oxygen atoms in total. The van der Waals surface area contributed by atoms with Gasteiger partial charge in [0.2, 0.25) is 0 Å². The molecule has 0 bridgehead atoms. The second kappa shape index (κ2) is 3.47. The molecule has 0 saturated carbocycles. The summed E-state index contributed by atoms with van der Waals surface area (Å²) >= 11 is -2.32. The molecule has 0 aliphatic carbocycles. The van der Waals surface area contributed by atoms with Crippen molar-refractivity contribution in [3.63, 3.8) is 0 Å². The van der Waals surface area contributed by atoms with Gasteiger partial charge < -0.3 is 0 Å². The maximum absolute atomic E-state index is 9.29. The van der Waals surface area contributed by atoms with Crippen LogP contribution in [0.1, 0.15) is 0 Å². The van der Waals surface area contributed by atoms with Crippen molar-refractivity contribution >= 4 is 0 Å². The summed E-state index contributed by atoms with van der Waals surface area (Å²) in [5.41, 5.74) is 0. The van der Waals surface area contributed by atoms with Crippen LogP contribution in [-0.2, 0) is 19.2 Å². The van der Waals surface area contributed by atoms with Crippen molar-refractivity contribution in [3.05, 3.63) is 0 Å². The van der Waals surface area contributed by atoms with Gasteiger partial charge >= 0.3 is 47.1 Å². The van der Waals surface area contributed by atoms with Crippen LogP contribution in [0, 0.1) is 27.8 Å². The van der Waals surface area contributed by atoms with Gasteiger partial charge in [0.15, 0.2) is 0 Å². The summed E-state index contributed by atoms with van der Waals surface area (Å²) in [6.07, 6.45) is 0. The first kappa shape index (κ1) is 6.28. The Balaban J connectivity index is 3.69. The Labute approximate surface area is 46.3 Å². The Morgan fingerprint density at radius 1 is 1.40 bits per heavy atom. The third-order valence-corrected chi connectivity index (χ3v) is 3.38. The maximum atomic E-state index is 9.29. The molecule has 0 spiro atoms. The van der Waals surface area contributed by atoms with Gasteiger partial charge in [0.25, 0.3) is 0 Å². The number of rotatable bonds is 1. The topological polar surface area (TPSA) is 51.2 Å². The first-order chi connectivity index (χ1) is 2.27. The molecule has 0 amide bonds. The van der Waals surface area contributed by atoms with Gasteiger partial charge in [0.1, 0.15) is 0 Å². The molecule has 5 heteroatoms. The molecule has 0 aliphatic rings. The SMILES string of the molecule is [O]=[La][Mo](=[O])=[O]. The van der Waals surface area contributed by atoms with Crippen LogP contribution in [-0.4, -0.2) is 0 Å². The van der Waals surface area contributed by atoms with Crippen LogP contribution in [0.4, 0.5) is 0 Å². The van der Waals surface area contributed by atoms with Crippen LogP contribution in [0.5, 0.6) is 0 Å². The van der Waals surface area contributed by atoms with Crippen LogP contribution in [0.25, 0.3) is 0 Å².